The third-order valence-electron chi connectivity index (χ3n) is 2.52. The van der Waals surface area contributed by atoms with Gasteiger partial charge in [0, 0.05) is 11.6 Å². The predicted molar refractivity (Wildman–Crippen MR) is 77.4 cm³/mol. The number of ether oxygens (including phenoxy) is 1. The van der Waals surface area contributed by atoms with Crippen LogP contribution in [0, 0.1) is 0 Å². The van der Waals surface area contributed by atoms with Crippen molar-refractivity contribution in [2.45, 2.75) is 0 Å². The Labute approximate surface area is 121 Å². The molecule has 0 aliphatic heterocycles. The van der Waals surface area contributed by atoms with E-state index in [9.17, 15) is 9.90 Å². The number of amides is 1. The molecule has 0 aliphatic rings. The van der Waals surface area contributed by atoms with Crippen molar-refractivity contribution in [2.75, 3.05) is 6.61 Å². The molecule has 0 unspecified atom stereocenters. The van der Waals surface area contributed by atoms with Gasteiger partial charge in [0.15, 0.2) is 6.61 Å². The van der Waals surface area contributed by atoms with Crippen molar-refractivity contribution in [3.8, 4) is 17.2 Å². The lowest BCUT2D eigenvalue weighted by Crippen LogP contribution is -2.24. The minimum Gasteiger partial charge on any atom is -0.508 e. The van der Waals surface area contributed by atoms with Gasteiger partial charge in [0.25, 0.3) is 5.91 Å². The molecule has 0 heterocycles. The number of nitrogens with zero attached hydrogens (tertiary/aromatic N) is 1. The fourth-order valence-electron chi connectivity index (χ4n) is 1.51. The number of carbonyl (C=O) groups is 1. The molecule has 0 bridgehead atoms. The first-order valence-corrected chi connectivity index (χ1v) is 6.17. The van der Waals surface area contributed by atoms with E-state index in [1.165, 1.54) is 24.4 Å². The number of aromatic hydroxyl groups is 2. The zero-order valence-corrected chi connectivity index (χ0v) is 11.1. The van der Waals surface area contributed by atoms with Gasteiger partial charge in [-0.1, -0.05) is 18.2 Å². The van der Waals surface area contributed by atoms with Crippen LogP contribution in [0.3, 0.4) is 0 Å². The second kappa shape index (κ2) is 6.95. The topological polar surface area (TPSA) is 91.2 Å². The molecular formula is C15H14N2O4. The van der Waals surface area contributed by atoms with Gasteiger partial charge in [0.2, 0.25) is 0 Å². The predicted octanol–water partition coefficient (Wildman–Crippen LogP) is 1.63. The summed E-state index contributed by atoms with van der Waals surface area (Å²) >= 11 is 0. The zero-order chi connectivity index (χ0) is 15.1. The number of phenols is 2. The van der Waals surface area contributed by atoms with Crippen LogP contribution in [0.5, 0.6) is 17.2 Å². The summed E-state index contributed by atoms with van der Waals surface area (Å²) in [6.45, 7) is -0.164. The normalized spacial score (nSPS) is 10.5. The molecule has 2 rings (SSSR count). The van der Waals surface area contributed by atoms with E-state index in [2.05, 4.69) is 10.5 Å². The van der Waals surface area contributed by atoms with Crippen molar-refractivity contribution in [1.29, 1.82) is 0 Å². The van der Waals surface area contributed by atoms with Crippen molar-refractivity contribution in [3.63, 3.8) is 0 Å². The lowest BCUT2D eigenvalue weighted by molar-refractivity contribution is -0.123. The van der Waals surface area contributed by atoms with Gasteiger partial charge in [-0.2, -0.15) is 5.10 Å². The molecule has 0 aliphatic carbocycles. The van der Waals surface area contributed by atoms with E-state index in [4.69, 9.17) is 9.84 Å². The molecule has 21 heavy (non-hydrogen) atoms. The molecule has 0 saturated carbocycles. The van der Waals surface area contributed by atoms with E-state index in [1.54, 1.807) is 24.3 Å². The number of benzene rings is 2. The van der Waals surface area contributed by atoms with Gasteiger partial charge < -0.3 is 14.9 Å². The van der Waals surface area contributed by atoms with Crippen LogP contribution in [0.2, 0.25) is 0 Å². The summed E-state index contributed by atoms with van der Waals surface area (Å²) in [5.41, 5.74) is 2.65. The van der Waals surface area contributed by atoms with Gasteiger partial charge in [0.05, 0.1) is 6.21 Å². The van der Waals surface area contributed by atoms with E-state index in [1.807, 2.05) is 6.07 Å². The molecule has 108 valence electrons. The summed E-state index contributed by atoms with van der Waals surface area (Å²) < 4.78 is 5.24. The fraction of sp³-hybridized carbons (Fsp3) is 0.0667. The number of carbonyl (C=O) groups excluding carboxylic acids is 1. The Hall–Kier alpha value is -3.02. The quantitative estimate of drug-likeness (QED) is 0.575. The smallest absolute Gasteiger partial charge is 0.277 e. The Balaban J connectivity index is 1.82. The summed E-state index contributed by atoms with van der Waals surface area (Å²) in [7, 11) is 0. The van der Waals surface area contributed by atoms with Crippen LogP contribution in [-0.2, 0) is 4.79 Å². The molecule has 6 nitrogen and oxygen atoms in total. The van der Waals surface area contributed by atoms with E-state index in [-0.39, 0.29) is 18.1 Å². The summed E-state index contributed by atoms with van der Waals surface area (Å²) in [6, 6.07) is 13.0. The third-order valence-corrected chi connectivity index (χ3v) is 2.52. The van der Waals surface area contributed by atoms with Crippen LogP contribution >= 0.6 is 0 Å². The molecule has 0 aromatic heterocycles. The van der Waals surface area contributed by atoms with Crippen molar-refractivity contribution in [1.82, 2.24) is 5.43 Å². The Bertz CT molecular complexity index is 641. The average molecular weight is 286 g/mol. The molecule has 2 aromatic rings. The fourth-order valence-corrected chi connectivity index (χ4v) is 1.51. The molecule has 2 aromatic carbocycles. The second-order valence-corrected chi connectivity index (χ2v) is 4.14. The van der Waals surface area contributed by atoms with Crippen LogP contribution in [0.1, 0.15) is 5.56 Å². The van der Waals surface area contributed by atoms with Crippen molar-refractivity contribution in [2.24, 2.45) is 5.10 Å². The lowest BCUT2D eigenvalue weighted by Gasteiger charge is -2.04. The largest absolute Gasteiger partial charge is 0.508 e. The highest BCUT2D eigenvalue weighted by Gasteiger charge is 2.02. The maximum absolute atomic E-state index is 11.5. The van der Waals surface area contributed by atoms with Crippen LogP contribution in [0.4, 0.5) is 0 Å². The number of hydrazone groups is 1. The van der Waals surface area contributed by atoms with E-state index < -0.39 is 5.91 Å². The first kappa shape index (κ1) is 14.4. The summed E-state index contributed by atoms with van der Waals surface area (Å²) in [4.78, 5) is 11.5. The molecule has 0 saturated heterocycles. The number of para-hydroxylation sites is 1. The Morgan fingerprint density at radius 3 is 2.67 bits per heavy atom. The monoisotopic (exact) mass is 286 g/mol. The highest BCUT2D eigenvalue weighted by Crippen LogP contribution is 2.20. The first-order chi connectivity index (χ1) is 10.1. The highest BCUT2D eigenvalue weighted by atomic mass is 16.5. The van der Waals surface area contributed by atoms with Gasteiger partial charge in [0.1, 0.15) is 17.2 Å². The zero-order valence-electron chi connectivity index (χ0n) is 11.1. The SMILES string of the molecule is O=C(COc1ccccc1)NN=Cc1ccc(O)cc1O. The second-order valence-electron chi connectivity index (χ2n) is 4.14. The Kier molecular flexibility index (Phi) is 4.76. The van der Waals surface area contributed by atoms with Crippen molar-refractivity contribution in [3.05, 3.63) is 54.1 Å². The molecule has 0 radical (unpaired) electrons. The molecule has 0 atom stereocenters. The van der Waals surface area contributed by atoms with Gasteiger partial charge in [-0.3, -0.25) is 4.79 Å². The molecule has 1 amide bonds. The van der Waals surface area contributed by atoms with E-state index in [0.29, 0.717) is 11.3 Å². The standard InChI is InChI=1S/C15H14N2O4/c18-12-7-6-11(14(19)8-12)9-16-17-15(20)10-21-13-4-2-1-3-5-13/h1-9,18-19H,10H2,(H,17,20). The molecule has 0 fully saturated rings. The third kappa shape index (κ3) is 4.54. The summed E-state index contributed by atoms with van der Waals surface area (Å²) in [6.07, 6.45) is 1.27. The number of phenolic OH excluding ortho intramolecular Hbond substituents is 2. The van der Waals surface area contributed by atoms with Crippen LogP contribution in [-0.4, -0.2) is 28.9 Å². The number of hydrogen-bond acceptors (Lipinski definition) is 5. The van der Waals surface area contributed by atoms with Gasteiger partial charge in [-0.25, -0.2) is 5.43 Å². The maximum atomic E-state index is 11.5. The van der Waals surface area contributed by atoms with E-state index in [0.717, 1.165) is 0 Å². The minimum absolute atomic E-state index is 0.0510. The average Bonchev–Trinajstić information content (AvgIpc) is 2.48. The van der Waals surface area contributed by atoms with Crippen LogP contribution in [0.15, 0.2) is 53.6 Å². The van der Waals surface area contributed by atoms with Crippen LogP contribution < -0.4 is 10.2 Å². The molecule has 0 spiro atoms. The number of nitrogens with one attached hydrogen (secondary N) is 1. The summed E-state index contributed by atoms with van der Waals surface area (Å²) in [5, 5.41) is 22.4. The minimum atomic E-state index is -0.423. The first-order valence-electron chi connectivity index (χ1n) is 6.17. The van der Waals surface area contributed by atoms with Crippen molar-refractivity contribution < 1.29 is 19.7 Å². The van der Waals surface area contributed by atoms with Gasteiger partial charge >= 0.3 is 0 Å². The van der Waals surface area contributed by atoms with Gasteiger partial charge in [-0.05, 0) is 24.3 Å². The van der Waals surface area contributed by atoms with Crippen LogP contribution in [0.25, 0.3) is 0 Å². The molecular weight excluding hydrogens is 272 g/mol. The lowest BCUT2D eigenvalue weighted by atomic mass is 10.2. The van der Waals surface area contributed by atoms with Crippen molar-refractivity contribution >= 4 is 12.1 Å². The van der Waals surface area contributed by atoms with E-state index >= 15 is 0 Å². The Morgan fingerprint density at radius 1 is 1.19 bits per heavy atom. The maximum Gasteiger partial charge on any atom is 0.277 e. The Morgan fingerprint density at radius 2 is 1.95 bits per heavy atom. The molecule has 6 heteroatoms. The number of rotatable bonds is 5. The number of hydrogen-bond donors (Lipinski definition) is 3. The molecule has 3 N–H and O–H groups in total. The highest BCUT2D eigenvalue weighted by molar-refractivity contribution is 5.85. The van der Waals surface area contributed by atoms with Gasteiger partial charge in [-0.15, -0.1) is 0 Å². The summed E-state index contributed by atoms with van der Waals surface area (Å²) in [5.74, 6) is -0.0142.